The second-order valence-electron chi connectivity index (χ2n) is 10.8. The number of carbonyl (C=O) groups is 1. The van der Waals surface area contributed by atoms with Crippen LogP contribution in [0.4, 0.5) is 5.82 Å². The van der Waals surface area contributed by atoms with Crippen molar-refractivity contribution in [2.45, 2.75) is 53.9 Å². The minimum Gasteiger partial charge on any atom is -0.309 e. The van der Waals surface area contributed by atoms with Gasteiger partial charge in [-0.15, -0.1) is 10.2 Å². The number of likely N-dealkylation sites (tertiary alicyclic amines) is 1. The highest BCUT2D eigenvalue weighted by Gasteiger charge is 2.58. The van der Waals surface area contributed by atoms with E-state index in [2.05, 4.69) is 53.2 Å². The van der Waals surface area contributed by atoms with Crippen LogP contribution in [-0.2, 0) is 11.8 Å². The average Bonchev–Trinajstić information content (AvgIpc) is 3.32. The molecular formula is C24H36N6O. The number of carbonyl (C=O) groups excluding carboxylic acids is 1. The van der Waals surface area contributed by atoms with Crippen LogP contribution in [0.2, 0.25) is 0 Å². The highest BCUT2D eigenvalue weighted by molar-refractivity contribution is 5.94. The monoisotopic (exact) mass is 424 g/mol. The number of anilines is 1. The number of amides is 1. The molecule has 0 aromatic carbocycles. The predicted octanol–water partition coefficient (Wildman–Crippen LogP) is 3.91. The van der Waals surface area contributed by atoms with Gasteiger partial charge < -0.3 is 10.2 Å². The van der Waals surface area contributed by atoms with Gasteiger partial charge in [-0.05, 0) is 73.7 Å². The maximum atomic E-state index is 12.9. The van der Waals surface area contributed by atoms with Gasteiger partial charge in [0.1, 0.15) is 5.69 Å². The standard InChI is InChI=1S/C24H36N6O/c1-16-14-25-29(6)21(16)19-7-8-20(28-27-19)26-22(31)18-13-24(18)9-11-30(12-10-24)15-17(2)23(3,4)5/h7-8,14,17-18H,9-13,15H2,1-6H3,(H,26,28,31). The third-order valence-electron chi connectivity index (χ3n) is 7.65. The van der Waals surface area contributed by atoms with Crippen LogP contribution in [0.1, 0.15) is 52.5 Å². The number of nitrogens with zero attached hydrogens (tertiary/aromatic N) is 5. The van der Waals surface area contributed by atoms with Crippen molar-refractivity contribution in [1.82, 2.24) is 24.9 Å². The fourth-order valence-corrected chi connectivity index (χ4v) is 4.77. The number of hydrogen-bond donors (Lipinski definition) is 1. The van der Waals surface area contributed by atoms with E-state index in [1.165, 1.54) is 0 Å². The molecule has 0 radical (unpaired) electrons. The number of aryl methyl sites for hydroxylation is 2. The molecule has 2 aromatic heterocycles. The molecule has 3 heterocycles. The molecule has 2 aromatic rings. The van der Waals surface area contributed by atoms with Crippen molar-refractivity contribution in [2.75, 3.05) is 25.0 Å². The Morgan fingerprint density at radius 1 is 1.26 bits per heavy atom. The summed E-state index contributed by atoms with van der Waals surface area (Å²) in [7, 11) is 1.89. The first-order valence-corrected chi connectivity index (χ1v) is 11.4. The first-order valence-electron chi connectivity index (χ1n) is 11.4. The number of hydrogen-bond acceptors (Lipinski definition) is 5. The van der Waals surface area contributed by atoms with Gasteiger partial charge in [0.15, 0.2) is 5.82 Å². The van der Waals surface area contributed by atoms with Crippen LogP contribution in [0.5, 0.6) is 0 Å². The summed E-state index contributed by atoms with van der Waals surface area (Å²) < 4.78 is 1.79. The lowest BCUT2D eigenvalue weighted by molar-refractivity contribution is -0.118. The number of piperidine rings is 1. The zero-order valence-electron chi connectivity index (χ0n) is 19.8. The molecule has 1 aliphatic heterocycles. The second kappa shape index (κ2) is 8.01. The highest BCUT2D eigenvalue weighted by Crippen LogP contribution is 2.59. The van der Waals surface area contributed by atoms with E-state index in [4.69, 9.17) is 0 Å². The summed E-state index contributed by atoms with van der Waals surface area (Å²) >= 11 is 0. The number of aromatic nitrogens is 4. The van der Waals surface area contributed by atoms with E-state index in [1.807, 2.05) is 32.3 Å². The van der Waals surface area contributed by atoms with Gasteiger partial charge in [-0.3, -0.25) is 9.48 Å². The van der Waals surface area contributed by atoms with Gasteiger partial charge in [0.2, 0.25) is 5.91 Å². The fourth-order valence-electron chi connectivity index (χ4n) is 4.77. The van der Waals surface area contributed by atoms with Crippen LogP contribution in [-0.4, -0.2) is 50.4 Å². The van der Waals surface area contributed by atoms with Crippen molar-refractivity contribution < 1.29 is 4.79 Å². The minimum absolute atomic E-state index is 0.0928. The Balaban J connectivity index is 1.30. The molecule has 2 atom stereocenters. The molecule has 1 amide bonds. The van der Waals surface area contributed by atoms with E-state index in [0.717, 1.165) is 55.8 Å². The summed E-state index contributed by atoms with van der Waals surface area (Å²) in [6.07, 6.45) is 5.05. The Kier molecular flexibility index (Phi) is 5.66. The Hall–Kier alpha value is -2.28. The first kappa shape index (κ1) is 21.9. The molecule has 31 heavy (non-hydrogen) atoms. The molecule has 1 spiro atoms. The van der Waals surface area contributed by atoms with Crippen LogP contribution in [0.3, 0.4) is 0 Å². The second-order valence-corrected chi connectivity index (χ2v) is 10.8. The zero-order valence-corrected chi connectivity index (χ0v) is 19.8. The Morgan fingerprint density at radius 2 is 1.97 bits per heavy atom. The van der Waals surface area contributed by atoms with E-state index < -0.39 is 0 Å². The number of nitrogens with one attached hydrogen (secondary N) is 1. The summed E-state index contributed by atoms with van der Waals surface area (Å²) in [5, 5.41) is 15.8. The largest absolute Gasteiger partial charge is 0.309 e. The van der Waals surface area contributed by atoms with Crippen LogP contribution < -0.4 is 5.32 Å². The smallest absolute Gasteiger partial charge is 0.229 e. The minimum atomic E-state index is 0.0928. The van der Waals surface area contributed by atoms with Crippen LogP contribution >= 0.6 is 0 Å². The summed E-state index contributed by atoms with van der Waals surface area (Å²) in [4.78, 5) is 15.4. The van der Waals surface area contributed by atoms with Gasteiger partial charge >= 0.3 is 0 Å². The van der Waals surface area contributed by atoms with Crippen LogP contribution in [0.25, 0.3) is 11.4 Å². The van der Waals surface area contributed by atoms with Gasteiger partial charge in [0, 0.05) is 19.5 Å². The molecule has 0 bridgehead atoms. The van der Waals surface area contributed by atoms with E-state index in [1.54, 1.807) is 4.68 Å². The van der Waals surface area contributed by atoms with Crippen LogP contribution in [0.15, 0.2) is 18.3 Å². The molecule has 1 saturated heterocycles. The molecule has 2 aliphatic rings. The zero-order chi connectivity index (χ0) is 22.4. The van der Waals surface area contributed by atoms with E-state index >= 15 is 0 Å². The van der Waals surface area contributed by atoms with Crippen LogP contribution in [0, 0.1) is 29.6 Å². The molecule has 1 aliphatic carbocycles. The van der Waals surface area contributed by atoms with Gasteiger partial charge in [-0.2, -0.15) is 5.10 Å². The molecule has 2 unspecified atom stereocenters. The van der Waals surface area contributed by atoms with Gasteiger partial charge in [0.05, 0.1) is 11.9 Å². The topological polar surface area (TPSA) is 75.9 Å². The molecule has 4 rings (SSSR count). The predicted molar refractivity (Wildman–Crippen MR) is 122 cm³/mol. The third-order valence-corrected chi connectivity index (χ3v) is 7.65. The summed E-state index contributed by atoms with van der Waals surface area (Å²) in [6.45, 7) is 14.6. The molecule has 2 fully saturated rings. The van der Waals surface area contributed by atoms with Gasteiger partial charge in [0.25, 0.3) is 0 Å². The quantitative estimate of drug-likeness (QED) is 0.788. The SMILES string of the molecule is Cc1cnn(C)c1-c1ccc(NC(=O)C2CC23CCN(CC(C)C(C)(C)C)CC3)nn1. The molecule has 1 saturated carbocycles. The highest BCUT2D eigenvalue weighted by atomic mass is 16.2. The van der Waals surface area contributed by atoms with E-state index in [0.29, 0.717) is 17.2 Å². The maximum absolute atomic E-state index is 12.9. The Bertz CT molecular complexity index is 914. The van der Waals surface area contributed by atoms with Gasteiger partial charge in [-0.1, -0.05) is 27.7 Å². The summed E-state index contributed by atoms with van der Waals surface area (Å²) in [6, 6.07) is 3.72. The lowest BCUT2D eigenvalue weighted by Crippen LogP contribution is -2.40. The Labute approximate surface area is 185 Å². The first-order chi connectivity index (χ1) is 14.6. The van der Waals surface area contributed by atoms with Crippen molar-refractivity contribution in [3.05, 3.63) is 23.9 Å². The molecule has 7 heteroatoms. The lowest BCUT2D eigenvalue weighted by Gasteiger charge is -2.37. The molecule has 1 N–H and O–H groups in total. The summed E-state index contributed by atoms with van der Waals surface area (Å²) in [5.41, 5.74) is 3.29. The van der Waals surface area contributed by atoms with Crippen molar-refractivity contribution in [3.8, 4) is 11.4 Å². The lowest BCUT2D eigenvalue weighted by atomic mass is 9.81. The van der Waals surface area contributed by atoms with Crippen molar-refractivity contribution in [2.24, 2.45) is 29.7 Å². The van der Waals surface area contributed by atoms with E-state index in [-0.39, 0.29) is 17.2 Å². The molecule has 168 valence electrons. The normalized spacial score (nSPS) is 21.8. The van der Waals surface area contributed by atoms with Crippen molar-refractivity contribution in [3.63, 3.8) is 0 Å². The Morgan fingerprint density at radius 3 is 2.52 bits per heavy atom. The van der Waals surface area contributed by atoms with Crippen molar-refractivity contribution >= 4 is 11.7 Å². The number of rotatable bonds is 5. The maximum Gasteiger partial charge on any atom is 0.229 e. The molecule has 7 nitrogen and oxygen atoms in total. The van der Waals surface area contributed by atoms with Crippen molar-refractivity contribution in [1.29, 1.82) is 0 Å². The average molecular weight is 425 g/mol. The summed E-state index contributed by atoms with van der Waals surface area (Å²) in [5.74, 6) is 1.38. The molecular weight excluding hydrogens is 388 g/mol. The van der Waals surface area contributed by atoms with E-state index in [9.17, 15) is 4.79 Å². The third kappa shape index (κ3) is 4.52. The fraction of sp³-hybridized carbons (Fsp3) is 0.667. The van der Waals surface area contributed by atoms with Gasteiger partial charge in [-0.25, -0.2) is 0 Å².